The lowest BCUT2D eigenvalue weighted by Crippen LogP contribution is -2.18. The van der Waals surface area contributed by atoms with E-state index >= 15 is 0 Å². The van der Waals surface area contributed by atoms with Crippen molar-refractivity contribution in [2.75, 3.05) is 5.32 Å². The number of fused-ring (bicyclic) bond motifs is 1. The number of aromatic nitrogens is 4. The highest BCUT2D eigenvalue weighted by Crippen LogP contribution is 2.21. The topological polar surface area (TPSA) is 116 Å². The zero-order valence-corrected chi connectivity index (χ0v) is 17.6. The number of rotatable bonds is 6. The number of primary amides is 1. The van der Waals surface area contributed by atoms with Crippen molar-refractivity contribution in [1.29, 1.82) is 0 Å². The molecule has 0 saturated heterocycles. The maximum atomic E-state index is 13.6. The number of pyridine rings is 1. The Kier molecular flexibility index (Phi) is 5.63. The molecule has 4 aromatic rings. The molecule has 0 saturated carbocycles. The van der Waals surface area contributed by atoms with Crippen molar-refractivity contribution < 1.29 is 14.0 Å². The summed E-state index contributed by atoms with van der Waals surface area (Å²) in [5, 5.41) is 11.2. The second kappa shape index (κ2) is 8.54. The summed E-state index contributed by atoms with van der Waals surface area (Å²) in [6.45, 7) is 4.38. The predicted molar refractivity (Wildman–Crippen MR) is 118 cm³/mol. The van der Waals surface area contributed by atoms with E-state index in [0.29, 0.717) is 17.6 Å². The maximum Gasteiger partial charge on any atom is 0.275 e. The van der Waals surface area contributed by atoms with E-state index in [1.165, 1.54) is 23.8 Å². The van der Waals surface area contributed by atoms with Crippen LogP contribution in [-0.2, 0) is 13.0 Å². The molecule has 2 amide bonds. The Morgan fingerprint density at radius 2 is 1.81 bits per heavy atom. The number of nitrogens with one attached hydrogen (secondary N) is 1. The Labute approximate surface area is 183 Å². The molecule has 2 aromatic carbocycles. The maximum absolute atomic E-state index is 13.6. The summed E-state index contributed by atoms with van der Waals surface area (Å²) in [7, 11) is 0. The molecule has 3 N–H and O–H groups in total. The average molecular weight is 432 g/mol. The molecule has 32 heavy (non-hydrogen) atoms. The average Bonchev–Trinajstić information content (AvgIpc) is 3.12. The summed E-state index contributed by atoms with van der Waals surface area (Å²) >= 11 is 0. The standard InChI is InChI=1S/C23H21FN6O2/c1-3-14-4-6-15(7-5-14)12-30-13(2)22(28-29-30)27-23(32)20-11-18(21(25)31)17-9-8-16(24)10-19(17)26-20/h4-11H,3,12H2,1-2H3,(H2,25,31)(H,27,32). The van der Waals surface area contributed by atoms with Crippen LogP contribution in [0.4, 0.5) is 10.2 Å². The van der Waals surface area contributed by atoms with E-state index in [1.807, 2.05) is 12.1 Å². The Morgan fingerprint density at radius 1 is 1.09 bits per heavy atom. The lowest BCUT2D eigenvalue weighted by atomic mass is 10.1. The number of carbonyl (C=O) groups excluding carboxylic acids is 2. The summed E-state index contributed by atoms with van der Waals surface area (Å²) in [6, 6.07) is 13.2. The number of carbonyl (C=O) groups is 2. The summed E-state index contributed by atoms with van der Waals surface area (Å²) in [6.07, 6.45) is 0.964. The first-order valence-corrected chi connectivity index (χ1v) is 10.0. The normalized spacial score (nSPS) is 11.0. The number of hydrogen-bond acceptors (Lipinski definition) is 5. The molecule has 4 rings (SSSR count). The minimum Gasteiger partial charge on any atom is -0.366 e. The van der Waals surface area contributed by atoms with Crippen molar-refractivity contribution in [1.82, 2.24) is 20.0 Å². The number of nitrogens with two attached hydrogens (primary N) is 1. The van der Waals surface area contributed by atoms with Crippen LogP contribution in [0.5, 0.6) is 0 Å². The van der Waals surface area contributed by atoms with Gasteiger partial charge in [-0.3, -0.25) is 9.59 Å². The van der Waals surface area contributed by atoms with Gasteiger partial charge in [0, 0.05) is 11.5 Å². The molecule has 0 bridgehead atoms. The van der Waals surface area contributed by atoms with Crippen LogP contribution >= 0.6 is 0 Å². The van der Waals surface area contributed by atoms with E-state index in [2.05, 4.69) is 39.7 Å². The van der Waals surface area contributed by atoms with Gasteiger partial charge in [0.1, 0.15) is 11.5 Å². The van der Waals surface area contributed by atoms with Gasteiger partial charge in [-0.15, -0.1) is 5.10 Å². The lowest BCUT2D eigenvalue weighted by Gasteiger charge is -2.08. The minimum absolute atomic E-state index is 0.0797. The summed E-state index contributed by atoms with van der Waals surface area (Å²) in [5.41, 5.74) is 8.54. The smallest absolute Gasteiger partial charge is 0.275 e. The second-order valence-corrected chi connectivity index (χ2v) is 7.39. The van der Waals surface area contributed by atoms with Crippen molar-refractivity contribution in [3.05, 3.63) is 82.4 Å². The molecular weight excluding hydrogens is 411 g/mol. The number of aryl methyl sites for hydroxylation is 1. The fourth-order valence-corrected chi connectivity index (χ4v) is 3.37. The highest BCUT2D eigenvalue weighted by Gasteiger charge is 2.18. The zero-order chi connectivity index (χ0) is 22.8. The molecule has 2 heterocycles. The zero-order valence-electron chi connectivity index (χ0n) is 17.6. The van der Waals surface area contributed by atoms with Crippen LogP contribution in [0.1, 0.15) is 44.6 Å². The molecule has 0 aliphatic heterocycles. The number of nitrogens with zero attached hydrogens (tertiary/aromatic N) is 4. The van der Waals surface area contributed by atoms with E-state index in [-0.39, 0.29) is 22.6 Å². The SMILES string of the molecule is CCc1ccc(Cn2nnc(NC(=O)c3cc(C(N)=O)c4ccc(F)cc4n3)c2C)cc1. The molecule has 0 radical (unpaired) electrons. The van der Waals surface area contributed by atoms with Gasteiger partial charge in [0.05, 0.1) is 23.3 Å². The van der Waals surface area contributed by atoms with E-state index in [0.717, 1.165) is 18.1 Å². The molecule has 0 spiro atoms. The van der Waals surface area contributed by atoms with E-state index in [1.54, 1.807) is 11.6 Å². The number of amides is 2. The van der Waals surface area contributed by atoms with Gasteiger partial charge in [-0.05, 0) is 42.7 Å². The molecule has 0 atom stereocenters. The summed E-state index contributed by atoms with van der Waals surface area (Å²) < 4.78 is 15.3. The van der Waals surface area contributed by atoms with Crippen LogP contribution in [0.15, 0.2) is 48.5 Å². The van der Waals surface area contributed by atoms with Crippen molar-refractivity contribution in [2.24, 2.45) is 5.73 Å². The van der Waals surface area contributed by atoms with Gasteiger partial charge in [-0.25, -0.2) is 14.1 Å². The van der Waals surface area contributed by atoms with Gasteiger partial charge in [0.2, 0.25) is 5.91 Å². The van der Waals surface area contributed by atoms with Crippen LogP contribution in [0.3, 0.4) is 0 Å². The molecular formula is C23H21FN6O2. The van der Waals surface area contributed by atoms with Gasteiger partial charge < -0.3 is 11.1 Å². The van der Waals surface area contributed by atoms with E-state index < -0.39 is 17.6 Å². The number of hydrogen-bond donors (Lipinski definition) is 2. The first kappa shape index (κ1) is 21.1. The van der Waals surface area contributed by atoms with Crippen LogP contribution in [0.25, 0.3) is 10.9 Å². The second-order valence-electron chi connectivity index (χ2n) is 7.39. The molecule has 0 aliphatic rings. The third-order valence-corrected chi connectivity index (χ3v) is 5.25. The van der Waals surface area contributed by atoms with Crippen LogP contribution in [0, 0.1) is 12.7 Å². The van der Waals surface area contributed by atoms with E-state index in [4.69, 9.17) is 5.73 Å². The van der Waals surface area contributed by atoms with Gasteiger partial charge in [0.25, 0.3) is 5.91 Å². The Bertz CT molecular complexity index is 1330. The Morgan fingerprint density at radius 3 is 2.50 bits per heavy atom. The quantitative estimate of drug-likeness (QED) is 0.485. The van der Waals surface area contributed by atoms with E-state index in [9.17, 15) is 14.0 Å². The Hall–Kier alpha value is -4.14. The molecule has 9 heteroatoms. The first-order chi connectivity index (χ1) is 15.4. The first-order valence-electron chi connectivity index (χ1n) is 10.0. The van der Waals surface area contributed by atoms with Crippen molar-refractivity contribution in [3.63, 3.8) is 0 Å². The largest absolute Gasteiger partial charge is 0.366 e. The fourth-order valence-electron chi connectivity index (χ4n) is 3.37. The molecule has 0 aliphatic carbocycles. The van der Waals surface area contributed by atoms with Crippen molar-refractivity contribution in [2.45, 2.75) is 26.8 Å². The lowest BCUT2D eigenvalue weighted by molar-refractivity contribution is 0.100. The number of halogens is 1. The van der Waals surface area contributed by atoms with Crippen molar-refractivity contribution >= 4 is 28.5 Å². The van der Waals surface area contributed by atoms with Crippen LogP contribution < -0.4 is 11.1 Å². The summed E-state index contributed by atoms with van der Waals surface area (Å²) in [5.74, 6) is -1.62. The monoisotopic (exact) mass is 432 g/mol. The molecule has 2 aromatic heterocycles. The fraction of sp³-hybridized carbons (Fsp3) is 0.174. The molecule has 8 nitrogen and oxygen atoms in total. The molecule has 0 fully saturated rings. The van der Waals surface area contributed by atoms with Gasteiger partial charge in [0.15, 0.2) is 5.82 Å². The highest BCUT2D eigenvalue weighted by atomic mass is 19.1. The van der Waals surface area contributed by atoms with Crippen molar-refractivity contribution in [3.8, 4) is 0 Å². The minimum atomic E-state index is -0.741. The Balaban J connectivity index is 1.59. The predicted octanol–water partition coefficient (Wildman–Crippen LogP) is 3.24. The third kappa shape index (κ3) is 4.18. The summed E-state index contributed by atoms with van der Waals surface area (Å²) in [4.78, 5) is 28.8. The highest BCUT2D eigenvalue weighted by molar-refractivity contribution is 6.10. The van der Waals surface area contributed by atoms with Crippen LogP contribution in [0.2, 0.25) is 0 Å². The number of benzene rings is 2. The number of anilines is 1. The van der Waals surface area contributed by atoms with Crippen LogP contribution in [-0.4, -0.2) is 31.8 Å². The third-order valence-electron chi connectivity index (χ3n) is 5.25. The molecule has 0 unspecified atom stereocenters. The van der Waals surface area contributed by atoms with Gasteiger partial charge >= 0.3 is 0 Å². The van der Waals surface area contributed by atoms with Gasteiger partial charge in [-0.1, -0.05) is 36.4 Å². The van der Waals surface area contributed by atoms with Gasteiger partial charge in [-0.2, -0.15) is 0 Å². The molecule has 162 valence electrons.